The minimum Gasteiger partial charge on any atom is -0.677 e. The molecular formula is C20H21ClF2N3O3-. The van der Waals surface area contributed by atoms with E-state index in [0.29, 0.717) is 29.4 Å². The smallest absolute Gasteiger partial charge is 0.314 e. The minimum atomic E-state index is -2.57. The molecule has 1 aliphatic carbocycles. The highest BCUT2D eigenvalue weighted by Gasteiger charge is 2.42. The van der Waals surface area contributed by atoms with Gasteiger partial charge in [-0.1, -0.05) is 23.7 Å². The molecule has 3 heterocycles. The number of carboxylic acids is 1. The molecule has 2 N–H and O–H groups in total. The summed E-state index contributed by atoms with van der Waals surface area (Å²) in [7, 11) is 0. The summed E-state index contributed by atoms with van der Waals surface area (Å²) < 4.78 is 31.4. The predicted molar refractivity (Wildman–Crippen MR) is 104 cm³/mol. The van der Waals surface area contributed by atoms with Crippen LogP contribution in [-0.2, 0) is 10.2 Å². The van der Waals surface area contributed by atoms with Crippen molar-refractivity contribution in [1.82, 2.24) is 9.97 Å². The van der Waals surface area contributed by atoms with Crippen LogP contribution in [0.25, 0.3) is 5.73 Å². The lowest BCUT2D eigenvalue weighted by Gasteiger charge is -2.42. The highest BCUT2D eigenvalue weighted by molar-refractivity contribution is 6.29. The van der Waals surface area contributed by atoms with Crippen molar-refractivity contribution in [2.75, 3.05) is 13.2 Å². The Bertz CT molecular complexity index is 854. The number of alkyl halides is 2. The molecule has 2 aromatic rings. The van der Waals surface area contributed by atoms with Crippen molar-refractivity contribution in [2.45, 2.75) is 42.9 Å². The molecule has 0 bridgehead atoms. The van der Waals surface area contributed by atoms with Crippen LogP contribution >= 0.6 is 11.6 Å². The van der Waals surface area contributed by atoms with Gasteiger partial charge in [0.1, 0.15) is 17.7 Å². The standard InChI is InChI=1S/C12H14ClF2N2.C8H7NO3/c13-10-2-1-9(7-17-10)11(8-16)3-5-12(14,15)6-4-11;10-8(11)6-4-12-7-5(6)2-1-3-9-7/h1-2,7,16H,3-6,8H2;1-3,6H,4H2,(H,10,11)/q-1;. The van der Waals surface area contributed by atoms with E-state index in [1.165, 1.54) is 0 Å². The lowest BCUT2D eigenvalue weighted by atomic mass is 9.69. The van der Waals surface area contributed by atoms with Crippen LogP contribution in [0.3, 0.4) is 0 Å². The Morgan fingerprint density at radius 2 is 1.97 bits per heavy atom. The number of ether oxygens (including phenoxy) is 1. The van der Waals surface area contributed by atoms with Crippen molar-refractivity contribution >= 4 is 17.6 Å². The molecule has 0 saturated heterocycles. The Morgan fingerprint density at radius 3 is 2.55 bits per heavy atom. The summed E-state index contributed by atoms with van der Waals surface area (Å²) in [5.41, 5.74) is 8.71. The highest BCUT2D eigenvalue weighted by atomic mass is 35.5. The third kappa shape index (κ3) is 4.82. The van der Waals surface area contributed by atoms with Gasteiger partial charge in [-0.15, -0.1) is 6.54 Å². The van der Waals surface area contributed by atoms with Gasteiger partial charge in [0.2, 0.25) is 11.8 Å². The fraction of sp³-hybridized carbons (Fsp3) is 0.450. The number of nitrogens with one attached hydrogen (secondary N) is 1. The van der Waals surface area contributed by atoms with Crippen LogP contribution in [0.5, 0.6) is 5.88 Å². The van der Waals surface area contributed by atoms with Gasteiger partial charge in [-0.25, -0.2) is 18.7 Å². The number of pyridine rings is 2. The van der Waals surface area contributed by atoms with Gasteiger partial charge in [0, 0.05) is 30.8 Å². The van der Waals surface area contributed by atoms with E-state index in [0.717, 1.165) is 5.56 Å². The number of carboxylic acid groups (broad SMARTS) is 1. The van der Waals surface area contributed by atoms with E-state index in [4.69, 9.17) is 27.2 Å². The van der Waals surface area contributed by atoms with E-state index in [2.05, 4.69) is 9.97 Å². The minimum absolute atomic E-state index is 0.117. The predicted octanol–water partition coefficient (Wildman–Crippen LogP) is 4.88. The highest BCUT2D eigenvalue weighted by Crippen LogP contribution is 2.45. The van der Waals surface area contributed by atoms with Gasteiger partial charge in [0.05, 0.1) is 0 Å². The monoisotopic (exact) mass is 424 g/mol. The third-order valence-corrected chi connectivity index (χ3v) is 5.70. The Hall–Kier alpha value is -2.32. The number of fused-ring (bicyclic) bond motifs is 1. The zero-order valence-electron chi connectivity index (χ0n) is 15.6. The van der Waals surface area contributed by atoms with E-state index in [9.17, 15) is 13.6 Å². The molecule has 4 rings (SSSR count). The maximum Gasteiger partial charge on any atom is 0.314 e. The van der Waals surface area contributed by atoms with E-state index in [1.807, 2.05) is 0 Å². The summed E-state index contributed by atoms with van der Waals surface area (Å²) in [4.78, 5) is 18.5. The summed E-state index contributed by atoms with van der Waals surface area (Å²) in [5.74, 6) is -3.53. The van der Waals surface area contributed by atoms with Crippen molar-refractivity contribution in [3.8, 4) is 5.88 Å². The number of nitrogens with zero attached hydrogens (tertiary/aromatic N) is 2. The normalized spacial score (nSPS) is 21.3. The molecule has 1 unspecified atom stereocenters. The number of halogens is 3. The second-order valence-corrected chi connectivity index (χ2v) is 7.67. The summed E-state index contributed by atoms with van der Waals surface area (Å²) >= 11 is 5.71. The molecule has 1 fully saturated rings. The van der Waals surface area contributed by atoms with Crippen molar-refractivity contribution in [1.29, 1.82) is 0 Å². The third-order valence-electron chi connectivity index (χ3n) is 5.48. The van der Waals surface area contributed by atoms with Crippen molar-refractivity contribution in [2.24, 2.45) is 0 Å². The molecule has 1 aliphatic heterocycles. The van der Waals surface area contributed by atoms with Crippen molar-refractivity contribution < 1.29 is 23.4 Å². The average molecular weight is 425 g/mol. The first-order chi connectivity index (χ1) is 13.8. The molecular weight excluding hydrogens is 404 g/mol. The van der Waals surface area contributed by atoms with Crippen LogP contribution in [0.1, 0.15) is 42.7 Å². The van der Waals surface area contributed by atoms with Crippen molar-refractivity contribution in [3.05, 3.63) is 58.7 Å². The molecule has 1 atom stereocenters. The van der Waals surface area contributed by atoms with Gasteiger partial charge >= 0.3 is 5.97 Å². The van der Waals surface area contributed by atoms with Crippen LogP contribution in [0.15, 0.2) is 36.7 Å². The summed E-state index contributed by atoms with van der Waals surface area (Å²) in [6.45, 7) is 0.314. The number of carbonyl (C=O) groups is 1. The first-order valence-corrected chi connectivity index (χ1v) is 9.59. The fourth-order valence-electron chi connectivity index (χ4n) is 3.60. The molecule has 156 valence electrons. The molecule has 2 aromatic heterocycles. The van der Waals surface area contributed by atoms with E-state index in [-0.39, 0.29) is 26.0 Å². The second-order valence-electron chi connectivity index (χ2n) is 7.28. The van der Waals surface area contributed by atoms with Gasteiger partial charge < -0.3 is 15.6 Å². The zero-order valence-corrected chi connectivity index (χ0v) is 16.3. The van der Waals surface area contributed by atoms with E-state index >= 15 is 0 Å². The molecule has 0 aromatic carbocycles. The molecule has 6 nitrogen and oxygen atoms in total. The molecule has 29 heavy (non-hydrogen) atoms. The first-order valence-electron chi connectivity index (χ1n) is 9.21. The molecule has 0 spiro atoms. The fourth-order valence-corrected chi connectivity index (χ4v) is 3.71. The first kappa shape index (κ1) is 21.4. The van der Waals surface area contributed by atoms with Gasteiger partial charge in [0.25, 0.3) is 0 Å². The molecule has 2 aliphatic rings. The van der Waals surface area contributed by atoms with Gasteiger partial charge in [-0.3, -0.25) is 4.79 Å². The van der Waals surface area contributed by atoms with Crippen LogP contribution in [0.2, 0.25) is 5.15 Å². The SMILES string of the molecule is O=C(O)C1COc2ncccc21.[NH-]CC1(c2ccc(Cl)nc2)CCC(F)(F)CC1. The second kappa shape index (κ2) is 8.59. The summed E-state index contributed by atoms with van der Waals surface area (Å²) in [5, 5.41) is 9.14. The van der Waals surface area contributed by atoms with Crippen LogP contribution in [0, 0.1) is 0 Å². The Balaban J connectivity index is 0.000000176. The van der Waals surface area contributed by atoms with Gasteiger partial charge in [-0.05, 0) is 36.0 Å². The van der Waals surface area contributed by atoms with Crippen LogP contribution < -0.4 is 4.74 Å². The Kier molecular flexibility index (Phi) is 6.33. The summed E-state index contributed by atoms with van der Waals surface area (Å²) in [6, 6.07) is 6.89. The average Bonchev–Trinajstić information content (AvgIpc) is 3.14. The zero-order chi connectivity index (χ0) is 21.1. The largest absolute Gasteiger partial charge is 0.677 e. The van der Waals surface area contributed by atoms with Gasteiger partial charge in [-0.2, -0.15) is 0 Å². The van der Waals surface area contributed by atoms with Crippen LogP contribution in [-0.4, -0.2) is 40.1 Å². The number of aromatic nitrogens is 2. The van der Waals surface area contributed by atoms with Gasteiger partial charge in [0.15, 0.2) is 0 Å². The molecule has 1 saturated carbocycles. The van der Waals surface area contributed by atoms with E-state index < -0.39 is 23.2 Å². The van der Waals surface area contributed by atoms with Crippen LogP contribution in [0.4, 0.5) is 8.78 Å². The number of hydrogen-bond acceptors (Lipinski definition) is 4. The number of aliphatic carboxylic acids is 1. The quantitative estimate of drug-likeness (QED) is 0.708. The number of hydrogen-bond donors (Lipinski definition) is 1. The van der Waals surface area contributed by atoms with E-state index in [1.54, 1.807) is 36.7 Å². The maximum absolute atomic E-state index is 13.2. The maximum atomic E-state index is 13.2. The Morgan fingerprint density at radius 1 is 1.24 bits per heavy atom. The van der Waals surface area contributed by atoms with Crippen molar-refractivity contribution in [3.63, 3.8) is 0 Å². The Labute approximate surface area is 172 Å². The summed E-state index contributed by atoms with van der Waals surface area (Å²) in [6.07, 6.45) is 3.59. The molecule has 9 heteroatoms. The lowest BCUT2D eigenvalue weighted by Crippen LogP contribution is -2.38. The topological polar surface area (TPSA) is 96.1 Å². The molecule has 0 radical (unpaired) electrons. The molecule has 0 amide bonds. The lowest BCUT2D eigenvalue weighted by molar-refractivity contribution is -0.139. The number of rotatable bonds is 3.